The highest BCUT2D eigenvalue weighted by Gasteiger charge is 2.02. The quantitative estimate of drug-likeness (QED) is 0.705. The van der Waals surface area contributed by atoms with Crippen molar-refractivity contribution in [1.82, 2.24) is 4.90 Å². The summed E-state index contributed by atoms with van der Waals surface area (Å²) in [6, 6.07) is 4.76. The summed E-state index contributed by atoms with van der Waals surface area (Å²) in [6.45, 7) is 1.29. The largest absolute Gasteiger partial charge is 0.396 e. The average Bonchev–Trinajstić information content (AvgIpc) is 2.12. The Kier molecular flexibility index (Phi) is 3.85. The molecule has 1 aromatic carbocycles. The first-order valence-electron chi connectivity index (χ1n) is 4.47. The molecule has 4 heteroatoms. The number of anilines is 1. The molecular weight excluding hydrogens is 183 g/mol. The first kappa shape index (κ1) is 10.9. The van der Waals surface area contributed by atoms with Crippen LogP contribution < -0.4 is 5.73 Å². The Morgan fingerprint density at radius 2 is 2.21 bits per heavy atom. The Morgan fingerprint density at radius 1 is 1.50 bits per heavy atom. The van der Waals surface area contributed by atoms with Crippen molar-refractivity contribution < 1.29 is 9.50 Å². The summed E-state index contributed by atoms with van der Waals surface area (Å²) >= 11 is 0. The lowest BCUT2D eigenvalue weighted by Crippen LogP contribution is -2.21. The molecule has 0 saturated carbocycles. The van der Waals surface area contributed by atoms with Gasteiger partial charge in [0.2, 0.25) is 0 Å². The number of hydrogen-bond donors (Lipinski definition) is 2. The molecule has 0 heterocycles. The van der Waals surface area contributed by atoms with E-state index in [4.69, 9.17) is 10.8 Å². The van der Waals surface area contributed by atoms with E-state index in [9.17, 15) is 4.39 Å². The van der Waals surface area contributed by atoms with Crippen molar-refractivity contribution in [3.8, 4) is 0 Å². The third-order valence-corrected chi connectivity index (χ3v) is 2.00. The lowest BCUT2D eigenvalue weighted by molar-refractivity contribution is 0.217. The highest BCUT2D eigenvalue weighted by Crippen LogP contribution is 2.12. The van der Waals surface area contributed by atoms with Gasteiger partial charge < -0.3 is 10.8 Å². The maximum atomic E-state index is 13.0. The summed E-state index contributed by atoms with van der Waals surface area (Å²) < 4.78 is 13.0. The van der Waals surface area contributed by atoms with E-state index in [-0.39, 0.29) is 18.1 Å². The van der Waals surface area contributed by atoms with Gasteiger partial charge in [0.25, 0.3) is 0 Å². The number of aliphatic hydroxyl groups excluding tert-OH is 1. The van der Waals surface area contributed by atoms with Crippen LogP contribution in [0.4, 0.5) is 10.1 Å². The molecule has 0 atom stereocenters. The van der Waals surface area contributed by atoms with Crippen LogP contribution in [-0.4, -0.2) is 30.2 Å². The van der Waals surface area contributed by atoms with E-state index in [1.54, 1.807) is 12.1 Å². The van der Waals surface area contributed by atoms with Crippen LogP contribution in [-0.2, 0) is 6.54 Å². The summed E-state index contributed by atoms with van der Waals surface area (Å²) in [5, 5.41) is 8.68. The van der Waals surface area contributed by atoms with E-state index in [1.165, 1.54) is 6.07 Å². The van der Waals surface area contributed by atoms with Crippen molar-refractivity contribution in [2.45, 2.75) is 6.54 Å². The lowest BCUT2D eigenvalue weighted by Gasteiger charge is -2.15. The first-order chi connectivity index (χ1) is 6.63. The van der Waals surface area contributed by atoms with Crippen molar-refractivity contribution in [2.75, 3.05) is 25.9 Å². The van der Waals surface area contributed by atoms with Crippen LogP contribution >= 0.6 is 0 Å². The summed E-state index contributed by atoms with van der Waals surface area (Å²) in [5.74, 6) is -0.389. The molecule has 0 aliphatic rings. The second kappa shape index (κ2) is 4.93. The molecule has 0 aliphatic heterocycles. The van der Waals surface area contributed by atoms with E-state index in [1.807, 2.05) is 11.9 Å². The molecule has 0 amide bonds. The van der Waals surface area contributed by atoms with E-state index in [0.29, 0.717) is 13.1 Å². The minimum absolute atomic E-state index is 0.105. The maximum Gasteiger partial charge on any atom is 0.146 e. The van der Waals surface area contributed by atoms with Crippen LogP contribution in [0.2, 0.25) is 0 Å². The molecule has 0 saturated heterocycles. The van der Waals surface area contributed by atoms with Gasteiger partial charge in [-0.05, 0) is 24.7 Å². The number of benzene rings is 1. The van der Waals surface area contributed by atoms with Gasteiger partial charge >= 0.3 is 0 Å². The van der Waals surface area contributed by atoms with Crippen molar-refractivity contribution in [2.24, 2.45) is 0 Å². The summed E-state index contributed by atoms with van der Waals surface area (Å²) in [6.07, 6.45) is 0. The minimum atomic E-state index is -0.389. The molecule has 0 aromatic heterocycles. The molecule has 0 fully saturated rings. The number of hydrogen-bond acceptors (Lipinski definition) is 3. The number of nitrogens with zero attached hydrogens (tertiary/aromatic N) is 1. The SMILES string of the molecule is CN(CCO)Cc1ccc(N)c(F)c1. The Morgan fingerprint density at radius 3 is 2.79 bits per heavy atom. The van der Waals surface area contributed by atoms with Gasteiger partial charge in [-0.3, -0.25) is 4.90 Å². The van der Waals surface area contributed by atoms with E-state index >= 15 is 0 Å². The molecule has 0 spiro atoms. The summed E-state index contributed by atoms with van der Waals surface area (Å²) in [4.78, 5) is 1.91. The second-order valence-corrected chi connectivity index (χ2v) is 3.32. The molecule has 1 rings (SSSR count). The lowest BCUT2D eigenvalue weighted by atomic mass is 10.2. The van der Waals surface area contributed by atoms with Gasteiger partial charge in [0.05, 0.1) is 12.3 Å². The second-order valence-electron chi connectivity index (χ2n) is 3.32. The van der Waals surface area contributed by atoms with Gasteiger partial charge in [0, 0.05) is 13.1 Å². The topological polar surface area (TPSA) is 49.5 Å². The summed E-state index contributed by atoms with van der Waals surface area (Å²) in [5.41, 5.74) is 6.37. The molecule has 14 heavy (non-hydrogen) atoms. The molecule has 3 N–H and O–H groups in total. The molecule has 0 bridgehead atoms. The normalized spacial score (nSPS) is 10.9. The van der Waals surface area contributed by atoms with Gasteiger partial charge in [-0.15, -0.1) is 0 Å². The van der Waals surface area contributed by atoms with Crippen molar-refractivity contribution in [1.29, 1.82) is 0 Å². The molecular formula is C10H15FN2O. The first-order valence-corrected chi connectivity index (χ1v) is 4.47. The zero-order valence-electron chi connectivity index (χ0n) is 8.20. The van der Waals surface area contributed by atoms with E-state index < -0.39 is 0 Å². The molecule has 0 unspecified atom stereocenters. The van der Waals surface area contributed by atoms with E-state index in [0.717, 1.165) is 5.56 Å². The predicted molar refractivity (Wildman–Crippen MR) is 54.2 cm³/mol. The van der Waals surface area contributed by atoms with Crippen LogP contribution in [0, 0.1) is 5.82 Å². The van der Waals surface area contributed by atoms with Crippen molar-refractivity contribution in [3.05, 3.63) is 29.6 Å². The van der Waals surface area contributed by atoms with E-state index in [2.05, 4.69) is 0 Å². The standard InChI is InChI=1S/C10H15FN2O/c1-13(4-5-14)7-8-2-3-10(12)9(11)6-8/h2-3,6,14H,4-5,7,12H2,1H3. The molecule has 0 radical (unpaired) electrons. The third kappa shape index (κ3) is 2.97. The minimum Gasteiger partial charge on any atom is -0.396 e. The molecule has 78 valence electrons. The fraction of sp³-hybridized carbons (Fsp3) is 0.400. The zero-order valence-corrected chi connectivity index (χ0v) is 8.20. The van der Waals surface area contributed by atoms with Crippen LogP contribution in [0.5, 0.6) is 0 Å². The highest BCUT2D eigenvalue weighted by atomic mass is 19.1. The number of aliphatic hydroxyl groups is 1. The van der Waals surface area contributed by atoms with Crippen LogP contribution in [0.15, 0.2) is 18.2 Å². The van der Waals surface area contributed by atoms with Crippen LogP contribution in [0.25, 0.3) is 0 Å². The van der Waals surface area contributed by atoms with Crippen LogP contribution in [0.1, 0.15) is 5.56 Å². The van der Waals surface area contributed by atoms with Gasteiger partial charge in [-0.1, -0.05) is 6.07 Å². The number of rotatable bonds is 4. The average molecular weight is 198 g/mol. The Labute approximate surface area is 83.0 Å². The smallest absolute Gasteiger partial charge is 0.146 e. The maximum absolute atomic E-state index is 13.0. The van der Waals surface area contributed by atoms with Crippen LogP contribution in [0.3, 0.4) is 0 Å². The number of halogens is 1. The Bertz CT molecular complexity index is 304. The van der Waals surface area contributed by atoms with Gasteiger partial charge in [-0.25, -0.2) is 4.39 Å². The fourth-order valence-electron chi connectivity index (χ4n) is 1.23. The van der Waals surface area contributed by atoms with Crippen molar-refractivity contribution >= 4 is 5.69 Å². The number of likely N-dealkylation sites (N-methyl/N-ethyl adjacent to an activating group) is 1. The fourth-order valence-corrected chi connectivity index (χ4v) is 1.23. The predicted octanol–water partition coefficient (Wildman–Crippen LogP) is 0.832. The highest BCUT2D eigenvalue weighted by molar-refractivity contribution is 5.41. The zero-order chi connectivity index (χ0) is 10.6. The monoisotopic (exact) mass is 198 g/mol. The van der Waals surface area contributed by atoms with Gasteiger partial charge in [0.15, 0.2) is 0 Å². The van der Waals surface area contributed by atoms with Crippen molar-refractivity contribution in [3.63, 3.8) is 0 Å². The molecule has 1 aromatic rings. The van der Waals surface area contributed by atoms with Gasteiger partial charge in [-0.2, -0.15) is 0 Å². The Hall–Kier alpha value is -1.13. The Balaban J connectivity index is 2.63. The summed E-state index contributed by atoms with van der Waals surface area (Å²) in [7, 11) is 1.87. The third-order valence-electron chi connectivity index (χ3n) is 2.00. The van der Waals surface area contributed by atoms with Gasteiger partial charge in [0.1, 0.15) is 5.82 Å². The molecule has 3 nitrogen and oxygen atoms in total. The molecule has 0 aliphatic carbocycles. The number of nitrogen functional groups attached to an aromatic ring is 1. The number of nitrogens with two attached hydrogens (primary N) is 1.